The highest BCUT2D eigenvalue weighted by atomic mass is 32.1. The van der Waals surface area contributed by atoms with E-state index in [0.29, 0.717) is 16.9 Å². The van der Waals surface area contributed by atoms with E-state index in [1.165, 1.54) is 17.4 Å². The largest absolute Gasteiger partial charge is 0.480 e. The van der Waals surface area contributed by atoms with Crippen LogP contribution in [0.1, 0.15) is 18.4 Å². The van der Waals surface area contributed by atoms with Gasteiger partial charge in [0.2, 0.25) is 5.56 Å². The predicted octanol–water partition coefficient (Wildman–Crippen LogP) is 1.27. The van der Waals surface area contributed by atoms with Crippen molar-refractivity contribution >= 4 is 33.2 Å². The number of carbonyl (C=O) groups is 1. The number of H-pyrrole nitrogens is 1. The maximum Gasteiger partial charge on any atom is 0.328 e. The van der Waals surface area contributed by atoms with E-state index in [1.807, 2.05) is 6.92 Å². The summed E-state index contributed by atoms with van der Waals surface area (Å²) in [7, 11) is 0. The molecule has 3 rings (SSSR count). The number of carboxylic acid groups (broad SMARTS) is 1. The van der Waals surface area contributed by atoms with Crippen molar-refractivity contribution in [2.45, 2.75) is 19.4 Å². The summed E-state index contributed by atoms with van der Waals surface area (Å²) in [6.07, 6.45) is 2.06. The van der Waals surface area contributed by atoms with Crippen LogP contribution in [0.4, 0.5) is 0 Å². The van der Waals surface area contributed by atoms with Gasteiger partial charge in [-0.2, -0.15) is 0 Å². The average Bonchev–Trinajstić information content (AvgIpc) is 2.91. The van der Waals surface area contributed by atoms with Crippen LogP contribution >= 0.6 is 11.3 Å². The molecule has 0 saturated heterocycles. The first-order valence-corrected chi connectivity index (χ1v) is 6.66. The first kappa shape index (κ1) is 12.0. The summed E-state index contributed by atoms with van der Waals surface area (Å²) >= 11 is 1.37. The Bertz CT molecular complexity index is 746. The molecule has 0 aromatic carbocycles. The normalized spacial score (nSPS) is 22.7. The third-order valence-corrected chi connectivity index (χ3v) is 4.18. The lowest BCUT2D eigenvalue weighted by Gasteiger charge is -2.02. The quantitative estimate of drug-likeness (QED) is 0.864. The predicted molar refractivity (Wildman–Crippen MR) is 72.0 cm³/mol. The molecule has 98 valence electrons. The molecule has 0 spiro atoms. The summed E-state index contributed by atoms with van der Waals surface area (Å²) in [5, 5.41) is 9.70. The van der Waals surface area contributed by atoms with Gasteiger partial charge in [-0.3, -0.25) is 9.79 Å². The molecule has 0 saturated carbocycles. The molecule has 6 nitrogen and oxygen atoms in total. The third kappa shape index (κ3) is 2.06. The van der Waals surface area contributed by atoms with Gasteiger partial charge >= 0.3 is 5.97 Å². The fraction of sp³-hybridized carbons (Fsp3) is 0.333. The number of aliphatic carboxylic acids is 1. The molecule has 2 aromatic rings. The Balaban J connectivity index is 2.07. The molecule has 0 bridgehead atoms. The van der Waals surface area contributed by atoms with Crippen LogP contribution in [-0.2, 0) is 4.79 Å². The highest BCUT2D eigenvalue weighted by Crippen LogP contribution is 2.29. The topological polar surface area (TPSA) is 95.4 Å². The van der Waals surface area contributed by atoms with Gasteiger partial charge in [0, 0.05) is 18.2 Å². The molecule has 2 N–H and O–H groups in total. The van der Waals surface area contributed by atoms with Gasteiger partial charge in [0.05, 0.1) is 15.9 Å². The minimum atomic E-state index is -0.905. The van der Waals surface area contributed by atoms with Gasteiger partial charge in [-0.1, -0.05) is 6.92 Å². The van der Waals surface area contributed by atoms with E-state index in [0.717, 1.165) is 10.4 Å². The van der Waals surface area contributed by atoms with Gasteiger partial charge in [-0.05, 0) is 6.42 Å². The molecule has 1 aliphatic rings. The monoisotopic (exact) mass is 277 g/mol. The molecule has 2 unspecified atom stereocenters. The first-order chi connectivity index (χ1) is 9.04. The number of nitrogens with zero attached hydrogens (tertiary/aromatic N) is 2. The molecule has 3 heterocycles. The highest BCUT2D eigenvalue weighted by Gasteiger charge is 2.31. The first-order valence-electron chi connectivity index (χ1n) is 5.85. The van der Waals surface area contributed by atoms with Gasteiger partial charge in [-0.25, -0.2) is 9.78 Å². The molecule has 0 radical (unpaired) electrons. The van der Waals surface area contributed by atoms with Gasteiger partial charge < -0.3 is 10.1 Å². The van der Waals surface area contributed by atoms with Gasteiger partial charge in [0.1, 0.15) is 11.0 Å². The standard InChI is InChI=1S/C12H11N3O3S/c1-5-2-6(12(17)18)14-10(5)11-15-7-4-13-9(16)3-8(7)19-11/h3-6H,2H2,1H3,(H,13,16)(H,17,18). The molecule has 2 aromatic heterocycles. The van der Waals surface area contributed by atoms with E-state index in [9.17, 15) is 9.59 Å². The van der Waals surface area contributed by atoms with E-state index in [4.69, 9.17) is 5.11 Å². The molecule has 0 amide bonds. The Hall–Kier alpha value is -2.02. The van der Waals surface area contributed by atoms with E-state index in [1.54, 1.807) is 6.20 Å². The smallest absolute Gasteiger partial charge is 0.328 e. The van der Waals surface area contributed by atoms with Gasteiger partial charge in [-0.15, -0.1) is 11.3 Å². The number of pyridine rings is 1. The zero-order valence-corrected chi connectivity index (χ0v) is 10.9. The van der Waals surface area contributed by atoms with Crippen LogP contribution in [0.3, 0.4) is 0 Å². The summed E-state index contributed by atoms with van der Waals surface area (Å²) in [5.74, 6) is -0.837. The fourth-order valence-electron chi connectivity index (χ4n) is 2.18. The number of thiazole rings is 1. The second kappa shape index (κ2) is 4.27. The molecule has 0 fully saturated rings. The van der Waals surface area contributed by atoms with E-state index < -0.39 is 12.0 Å². The maximum absolute atomic E-state index is 11.2. The average molecular weight is 277 g/mol. The Morgan fingerprint density at radius 3 is 3.05 bits per heavy atom. The fourth-order valence-corrected chi connectivity index (χ4v) is 3.26. The molecular formula is C12H11N3O3S. The lowest BCUT2D eigenvalue weighted by Crippen LogP contribution is -2.15. The number of hydrogen-bond acceptors (Lipinski definition) is 5. The SMILES string of the molecule is CC1CC(C(=O)O)N=C1c1nc2c[nH]c(=O)cc2s1. The van der Waals surface area contributed by atoms with Crippen molar-refractivity contribution in [3.63, 3.8) is 0 Å². The zero-order chi connectivity index (χ0) is 13.6. The van der Waals surface area contributed by atoms with Crippen molar-refractivity contribution in [3.05, 3.63) is 27.6 Å². The summed E-state index contributed by atoms with van der Waals surface area (Å²) in [6.45, 7) is 1.94. The maximum atomic E-state index is 11.2. The third-order valence-electron chi connectivity index (χ3n) is 3.14. The van der Waals surface area contributed by atoms with Crippen molar-refractivity contribution in [2.75, 3.05) is 0 Å². The lowest BCUT2D eigenvalue weighted by molar-refractivity contribution is -0.138. The summed E-state index contributed by atoms with van der Waals surface area (Å²) in [5.41, 5.74) is 1.25. The Morgan fingerprint density at radius 2 is 2.37 bits per heavy atom. The van der Waals surface area contributed by atoms with Crippen molar-refractivity contribution in [3.8, 4) is 0 Å². The van der Waals surface area contributed by atoms with Crippen LogP contribution in [0, 0.1) is 5.92 Å². The zero-order valence-electron chi connectivity index (χ0n) is 10.1. The minimum absolute atomic E-state index is 0.0670. The second-order valence-corrected chi connectivity index (χ2v) is 5.60. The summed E-state index contributed by atoms with van der Waals surface area (Å²) < 4.78 is 0.785. The molecule has 0 aliphatic carbocycles. The van der Waals surface area contributed by atoms with Crippen LogP contribution in [0.5, 0.6) is 0 Å². The number of nitrogens with one attached hydrogen (secondary N) is 1. The van der Waals surface area contributed by atoms with Crippen LogP contribution in [0.15, 0.2) is 22.1 Å². The van der Waals surface area contributed by atoms with Crippen molar-refractivity contribution in [1.29, 1.82) is 0 Å². The van der Waals surface area contributed by atoms with Gasteiger partial charge in [0.25, 0.3) is 0 Å². The van der Waals surface area contributed by atoms with Crippen LogP contribution < -0.4 is 5.56 Å². The molecule has 1 aliphatic heterocycles. The van der Waals surface area contributed by atoms with E-state index in [-0.39, 0.29) is 11.5 Å². The van der Waals surface area contributed by atoms with Crippen LogP contribution in [-0.4, -0.2) is 32.8 Å². The van der Waals surface area contributed by atoms with E-state index in [2.05, 4.69) is 15.0 Å². The minimum Gasteiger partial charge on any atom is -0.480 e. The van der Waals surface area contributed by atoms with Crippen molar-refractivity contribution in [2.24, 2.45) is 10.9 Å². The number of aromatic amines is 1. The number of carboxylic acids is 1. The Kier molecular flexibility index (Phi) is 2.70. The highest BCUT2D eigenvalue weighted by molar-refractivity contribution is 7.20. The van der Waals surface area contributed by atoms with E-state index >= 15 is 0 Å². The Labute approximate surface area is 111 Å². The second-order valence-electron chi connectivity index (χ2n) is 4.57. The molecular weight excluding hydrogens is 266 g/mol. The van der Waals surface area contributed by atoms with Crippen molar-refractivity contribution in [1.82, 2.24) is 9.97 Å². The summed E-state index contributed by atoms with van der Waals surface area (Å²) in [6, 6.07) is 0.810. The number of aromatic nitrogens is 2. The Morgan fingerprint density at radius 1 is 1.58 bits per heavy atom. The number of rotatable bonds is 2. The lowest BCUT2D eigenvalue weighted by atomic mass is 10.0. The number of fused-ring (bicyclic) bond motifs is 1. The molecule has 7 heteroatoms. The van der Waals surface area contributed by atoms with Crippen LogP contribution in [0.25, 0.3) is 10.2 Å². The summed E-state index contributed by atoms with van der Waals surface area (Å²) in [4.78, 5) is 33.4. The van der Waals surface area contributed by atoms with Crippen molar-refractivity contribution < 1.29 is 9.90 Å². The molecule has 19 heavy (non-hydrogen) atoms. The number of hydrogen-bond donors (Lipinski definition) is 2. The van der Waals surface area contributed by atoms with Gasteiger partial charge in [0.15, 0.2) is 0 Å². The number of aliphatic imine (C=N–C) groups is 1. The van der Waals surface area contributed by atoms with Crippen LogP contribution in [0.2, 0.25) is 0 Å². The molecule has 2 atom stereocenters.